The summed E-state index contributed by atoms with van der Waals surface area (Å²) in [7, 11) is 0. The van der Waals surface area contributed by atoms with Crippen LogP contribution in [-0.2, 0) is 11.3 Å². The summed E-state index contributed by atoms with van der Waals surface area (Å²) < 4.78 is 40.5. The molecule has 1 atom stereocenters. The summed E-state index contributed by atoms with van der Waals surface area (Å²) in [4.78, 5) is 14.4. The average Bonchev–Trinajstić information content (AvgIpc) is 2.77. The van der Waals surface area contributed by atoms with Gasteiger partial charge in [-0.05, 0) is 35.8 Å². The normalized spacial score (nSPS) is 20.2. The summed E-state index contributed by atoms with van der Waals surface area (Å²) in [5.74, 6) is -0.512. The Kier molecular flexibility index (Phi) is 5.14. The number of nitrogens with zero attached hydrogens (tertiary/aromatic N) is 1. The summed E-state index contributed by atoms with van der Waals surface area (Å²) in [6, 6.07) is 5.51. The molecule has 3 rings (SSSR count). The number of ether oxygens (including phenoxy) is 1. The molecule has 7 heteroatoms. The van der Waals surface area contributed by atoms with Crippen LogP contribution in [-0.4, -0.2) is 23.7 Å². The third-order valence-electron chi connectivity index (χ3n) is 4.36. The summed E-state index contributed by atoms with van der Waals surface area (Å²) >= 11 is 6.33. The number of alkyl halides is 3. The topological polar surface area (TPSA) is 29.5 Å². The zero-order chi connectivity index (χ0) is 18.9. The highest BCUT2D eigenvalue weighted by molar-refractivity contribution is 6.34. The van der Waals surface area contributed by atoms with E-state index in [1.807, 2.05) is 25.2 Å². The molecule has 1 aromatic carbocycles. The number of fused-ring (bicyclic) bond motifs is 1. The lowest BCUT2D eigenvalue weighted by atomic mass is 10.0. The van der Waals surface area contributed by atoms with Crippen molar-refractivity contribution in [1.29, 1.82) is 0 Å². The van der Waals surface area contributed by atoms with E-state index in [0.29, 0.717) is 23.7 Å². The first-order valence-corrected chi connectivity index (χ1v) is 8.57. The number of likely N-dealkylation sites (tertiary alicyclic amines) is 1. The van der Waals surface area contributed by atoms with E-state index in [0.717, 1.165) is 17.6 Å². The number of hydrogen-bond acceptors (Lipinski definition) is 2. The van der Waals surface area contributed by atoms with Crippen LogP contribution in [0.5, 0.6) is 5.75 Å². The fraction of sp³-hybridized carbons (Fsp3) is 0.316. The van der Waals surface area contributed by atoms with E-state index >= 15 is 0 Å². The maximum Gasteiger partial charge on any atom is 0.573 e. The molecule has 26 heavy (non-hydrogen) atoms. The fourth-order valence-corrected chi connectivity index (χ4v) is 3.44. The van der Waals surface area contributed by atoms with Crippen molar-refractivity contribution in [2.24, 2.45) is 5.92 Å². The van der Waals surface area contributed by atoms with E-state index in [2.05, 4.69) is 4.74 Å². The van der Waals surface area contributed by atoms with Crippen LogP contribution in [0, 0.1) is 5.92 Å². The van der Waals surface area contributed by atoms with Crippen LogP contribution < -0.4 is 4.74 Å². The third-order valence-corrected chi connectivity index (χ3v) is 4.67. The lowest BCUT2D eigenvalue weighted by molar-refractivity contribution is -0.274. The number of hydrogen-bond donors (Lipinski definition) is 0. The van der Waals surface area contributed by atoms with E-state index in [-0.39, 0.29) is 17.6 Å². The van der Waals surface area contributed by atoms with Gasteiger partial charge in [-0.25, -0.2) is 0 Å². The standard InChI is InChI=1S/C19H17ClF3NO2/c1-2-12-3-6-14-11-24(18(25)17(14)16(20)9-12)10-13-4-7-15(8-5-13)26-19(21,22)23/h3-9,14H,2,10-11H2,1H3. The molecule has 0 aromatic heterocycles. The third kappa shape index (κ3) is 4.12. The SMILES string of the molecule is CCC1=CC(Cl)=C2C(=O)N(Cc3ccc(OC(F)(F)F)cc3)CC2C=C1. The van der Waals surface area contributed by atoms with Crippen molar-refractivity contribution >= 4 is 17.5 Å². The maximum atomic E-state index is 12.7. The second-order valence-corrected chi connectivity index (χ2v) is 6.58. The van der Waals surface area contributed by atoms with E-state index in [1.54, 1.807) is 4.90 Å². The number of amides is 1. The van der Waals surface area contributed by atoms with Crippen LogP contribution in [0.3, 0.4) is 0 Å². The van der Waals surface area contributed by atoms with Crippen LogP contribution in [0.25, 0.3) is 0 Å². The van der Waals surface area contributed by atoms with Crippen molar-refractivity contribution in [3.05, 3.63) is 64.2 Å². The number of halogens is 4. The van der Waals surface area contributed by atoms with Crippen molar-refractivity contribution in [3.8, 4) is 5.75 Å². The molecule has 1 amide bonds. The van der Waals surface area contributed by atoms with Crippen LogP contribution in [0.4, 0.5) is 13.2 Å². The molecule has 0 saturated carbocycles. The highest BCUT2D eigenvalue weighted by atomic mass is 35.5. The Morgan fingerprint density at radius 3 is 2.58 bits per heavy atom. The summed E-state index contributed by atoms with van der Waals surface area (Å²) in [6.45, 7) is 2.81. The molecule has 1 aliphatic carbocycles. The predicted molar refractivity (Wildman–Crippen MR) is 92.4 cm³/mol. The first-order chi connectivity index (χ1) is 12.3. The minimum atomic E-state index is -4.72. The number of rotatable bonds is 4. The van der Waals surface area contributed by atoms with Gasteiger partial charge in [-0.15, -0.1) is 13.2 Å². The van der Waals surface area contributed by atoms with Crippen LogP contribution in [0.2, 0.25) is 0 Å². The Labute approximate surface area is 154 Å². The fourth-order valence-electron chi connectivity index (χ4n) is 3.08. The average molecular weight is 384 g/mol. The van der Waals surface area contributed by atoms with Crippen molar-refractivity contribution in [1.82, 2.24) is 4.90 Å². The first kappa shape index (κ1) is 18.6. The molecule has 0 radical (unpaired) electrons. The van der Waals surface area contributed by atoms with Crippen molar-refractivity contribution in [2.45, 2.75) is 26.3 Å². The van der Waals surface area contributed by atoms with Crippen molar-refractivity contribution in [2.75, 3.05) is 6.54 Å². The lowest BCUT2D eigenvalue weighted by Crippen LogP contribution is -2.25. The number of allylic oxidation sites excluding steroid dienone is 4. The summed E-state index contributed by atoms with van der Waals surface area (Å²) in [5.41, 5.74) is 2.36. The molecule has 1 heterocycles. The van der Waals surface area contributed by atoms with Crippen LogP contribution in [0.15, 0.2) is 58.7 Å². The Morgan fingerprint density at radius 1 is 1.27 bits per heavy atom. The quantitative estimate of drug-likeness (QED) is 0.736. The molecule has 0 N–H and O–H groups in total. The molecule has 1 aliphatic heterocycles. The molecule has 138 valence electrons. The van der Waals surface area contributed by atoms with E-state index in [9.17, 15) is 18.0 Å². The number of benzene rings is 1. The highest BCUT2D eigenvalue weighted by Gasteiger charge is 2.36. The Hall–Kier alpha value is -2.21. The highest BCUT2D eigenvalue weighted by Crippen LogP contribution is 2.34. The smallest absolute Gasteiger partial charge is 0.406 e. The summed E-state index contributed by atoms with van der Waals surface area (Å²) in [6.07, 6.45) is 1.90. The lowest BCUT2D eigenvalue weighted by Gasteiger charge is -2.16. The second kappa shape index (κ2) is 7.19. The Morgan fingerprint density at radius 2 is 1.96 bits per heavy atom. The van der Waals surface area contributed by atoms with Gasteiger partial charge in [0.15, 0.2) is 0 Å². The maximum absolute atomic E-state index is 12.7. The molecule has 1 unspecified atom stereocenters. The number of carbonyl (C=O) groups excluding carboxylic acids is 1. The molecule has 1 aromatic rings. The monoisotopic (exact) mass is 383 g/mol. The van der Waals surface area contributed by atoms with Gasteiger partial charge in [0.1, 0.15) is 5.75 Å². The minimum Gasteiger partial charge on any atom is -0.406 e. The minimum absolute atomic E-state index is 0.0804. The Bertz CT molecular complexity index is 794. The number of carbonyl (C=O) groups is 1. The summed E-state index contributed by atoms with van der Waals surface area (Å²) in [5, 5.41) is 0.457. The molecular weight excluding hydrogens is 367 g/mol. The van der Waals surface area contributed by atoms with Gasteiger partial charge in [-0.1, -0.05) is 42.8 Å². The second-order valence-electron chi connectivity index (χ2n) is 6.18. The van der Waals surface area contributed by atoms with Gasteiger partial charge < -0.3 is 9.64 Å². The van der Waals surface area contributed by atoms with Gasteiger partial charge in [-0.2, -0.15) is 0 Å². The van der Waals surface area contributed by atoms with E-state index < -0.39 is 6.36 Å². The molecule has 0 bridgehead atoms. The van der Waals surface area contributed by atoms with Crippen LogP contribution in [0.1, 0.15) is 18.9 Å². The first-order valence-electron chi connectivity index (χ1n) is 8.19. The molecule has 1 fully saturated rings. The molecule has 2 aliphatic rings. The largest absolute Gasteiger partial charge is 0.573 e. The van der Waals surface area contributed by atoms with Gasteiger partial charge >= 0.3 is 6.36 Å². The molecule has 3 nitrogen and oxygen atoms in total. The van der Waals surface area contributed by atoms with Gasteiger partial charge in [-0.3, -0.25) is 4.79 Å². The zero-order valence-electron chi connectivity index (χ0n) is 14.0. The molecule has 1 saturated heterocycles. The van der Waals surface area contributed by atoms with Gasteiger partial charge in [0.05, 0.1) is 5.03 Å². The Balaban J connectivity index is 1.74. The van der Waals surface area contributed by atoms with Gasteiger partial charge in [0, 0.05) is 24.6 Å². The predicted octanol–water partition coefficient (Wildman–Crippen LogP) is 4.94. The molecule has 0 spiro atoms. The zero-order valence-corrected chi connectivity index (χ0v) is 14.8. The van der Waals surface area contributed by atoms with Crippen molar-refractivity contribution in [3.63, 3.8) is 0 Å². The van der Waals surface area contributed by atoms with Gasteiger partial charge in [0.25, 0.3) is 5.91 Å². The van der Waals surface area contributed by atoms with E-state index in [1.165, 1.54) is 24.3 Å². The van der Waals surface area contributed by atoms with Crippen molar-refractivity contribution < 1.29 is 22.7 Å². The van der Waals surface area contributed by atoms with E-state index in [4.69, 9.17) is 11.6 Å². The molecular formula is C19H17ClF3NO2. The van der Waals surface area contributed by atoms with Gasteiger partial charge in [0.2, 0.25) is 0 Å². The van der Waals surface area contributed by atoms with Crippen LogP contribution >= 0.6 is 11.6 Å².